The smallest absolute Gasteiger partial charge is 0.418 e. The molecule has 0 amide bonds. The molecule has 0 saturated carbocycles. The highest BCUT2D eigenvalue weighted by Crippen LogP contribution is 2.42. The van der Waals surface area contributed by atoms with E-state index < -0.39 is 18.9 Å². The second-order valence-electron chi connectivity index (χ2n) is 6.83. The highest BCUT2D eigenvalue weighted by atomic mass is 79.9. The summed E-state index contributed by atoms with van der Waals surface area (Å²) in [5.74, 6) is 1.40. The zero-order chi connectivity index (χ0) is 21.4. The molecule has 2 aromatic carbocycles. The van der Waals surface area contributed by atoms with E-state index in [9.17, 15) is 14.9 Å². The third-order valence-electron chi connectivity index (χ3n) is 3.35. The highest BCUT2D eigenvalue weighted by Gasteiger charge is 2.22. The van der Waals surface area contributed by atoms with Crippen LogP contribution in [0.4, 0.5) is 5.69 Å². The van der Waals surface area contributed by atoms with Gasteiger partial charge in [-0.2, -0.15) is 0 Å². The number of thioether (sulfide) groups is 1. The van der Waals surface area contributed by atoms with Crippen molar-refractivity contribution in [1.82, 2.24) is 0 Å². The summed E-state index contributed by atoms with van der Waals surface area (Å²) >= 11 is 4.56. The molecule has 7 nitrogen and oxygen atoms in total. The number of non-ortho nitro benzene ring substituents is 1. The van der Waals surface area contributed by atoms with Crippen LogP contribution in [0.1, 0.15) is 20.8 Å². The maximum absolute atomic E-state index is 12.0. The van der Waals surface area contributed by atoms with Crippen molar-refractivity contribution in [3.05, 3.63) is 63.1 Å². The van der Waals surface area contributed by atoms with Crippen LogP contribution in [0.5, 0.6) is 11.5 Å². The number of rotatable bonds is 9. The molecule has 2 aromatic rings. The van der Waals surface area contributed by atoms with E-state index in [0.29, 0.717) is 17.3 Å². The SMILES string of the molecule is CC(C)(C)C(=O)SCCOP(Oc1ccc(Br)cc1)Oc1ccc([N+](=O)[O-])cc1. The number of carbonyl (C=O) groups excluding carboxylic acids is 1. The molecule has 1 unspecified atom stereocenters. The summed E-state index contributed by atoms with van der Waals surface area (Å²) in [5.41, 5.74) is -0.452. The van der Waals surface area contributed by atoms with Gasteiger partial charge in [0.1, 0.15) is 11.5 Å². The Morgan fingerprint density at radius 1 is 1.07 bits per heavy atom. The van der Waals surface area contributed by atoms with Crippen LogP contribution < -0.4 is 9.05 Å². The van der Waals surface area contributed by atoms with Crippen molar-refractivity contribution in [3.8, 4) is 11.5 Å². The molecule has 0 heterocycles. The summed E-state index contributed by atoms with van der Waals surface area (Å²) in [7, 11) is -1.82. The normalized spacial score (nSPS) is 12.3. The Bertz CT molecular complexity index is 826. The number of nitro benzene ring substituents is 1. The molecule has 0 bridgehead atoms. The van der Waals surface area contributed by atoms with Crippen LogP contribution in [0.15, 0.2) is 53.0 Å². The predicted octanol–water partition coefficient (Wildman–Crippen LogP) is 6.36. The van der Waals surface area contributed by atoms with Crippen molar-refractivity contribution in [2.24, 2.45) is 5.41 Å². The number of hydrogen-bond donors (Lipinski definition) is 0. The van der Waals surface area contributed by atoms with Gasteiger partial charge in [0.2, 0.25) is 0 Å². The van der Waals surface area contributed by atoms with Gasteiger partial charge < -0.3 is 9.05 Å². The fourth-order valence-electron chi connectivity index (χ4n) is 1.83. The molecule has 0 N–H and O–H groups in total. The first-order chi connectivity index (χ1) is 13.6. The zero-order valence-electron chi connectivity index (χ0n) is 16.2. The lowest BCUT2D eigenvalue weighted by Gasteiger charge is -2.18. The number of benzene rings is 2. The van der Waals surface area contributed by atoms with Crippen molar-refractivity contribution in [3.63, 3.8) is 0 Å². The summed E-state index contributed by atoms with van der Waals surface area (Å²) in [6.45, 7) is 5.85. The lowest BCUT2D eigenvalue weighted by molar-refractivity contribution is -0.384. The van der Waals surface area contributed by atoms with E-state index >= 15 is 0 Å². The van der Waals surface area contributed by atoms with E-state index in [2.05, 4.69) is 15.9 Å². The van der Waals surface area contributed by atoms with Gasteiger partial charge in [-0.1, -0.05) is 48.5 Å². The van der Waals surface area contributed by atoms with E-state index in [-0.39, 0.29) is 17.4 Å². The van der Waals surface area contributed by atoms with Gasteiger partial charge in [0.05, 0.1) is 11.5 Å². The molecule has 0 aliphatic heterocycles. The summed E-state index contributed by atoms with van der Waals surface area (Å²) < 4.78 is 18.2. The minimum absolute atomic E-state index is 0.0338. The first-order valence-corrected chi connectivity index (χ1v) is 11.5. The van der Waals surface area contributed by atoms with Gasteiger partial charge in [-0.3, -0.25) is 19.4 Å². The van der Waals surface area contributed by atoms with Crippen molar-refractivity contribution in [2.75, 3.05) is 12.4 Å². The minimum Gasteiger partial charge on any atom is -0.418 e. The fourth-order valence-corrected chi connectivity index (χ4v) is 3.97. The second-order valence-corrected chi connectivity index (χ2v) is 9.88. The van der Waals surface area contributed by atoms with Crippen LogP contribution in [0.3, 0.4) is 0 Å². The van der Waals surface area contributed by atoms with Crippen LogP contribution in [0.2, 0.25) is 0 Å². The number of hydrogen-bond acceptors (Lipinski definition) is 7. The van der Waals surface area contributed by atoms with Crippen molar-refractivity contribution in [2.45, 2.75) is 20.8 Å². The van der Waals surface area contributed by atoms with Crippen molar-refractivity contribution in [1.29, 1.82) is 0 Å². The van der Waals surface area contributed by atoms with Gasteiger partial charge in [-0.15, -0.1) is 0 Å². The standard InChI is InChI=1S/C19H21BrNO6PS/c1-19(2,3)18(22)29-13-12-25-28(26-16-8-4-14(20)5-9-16)27-17-10-6-15(7-11-17)21(23)24/h4-11H,12-13H2,1-3H3. The minimum atomic E-state index is -1.82. The number of halogens is 1. The van der Waals surface area contributed by atoms with Gasteiger partial charge in [-0.05, 0) is 36.4 Å². The number of carbonyl (C=O) groups is 1. The second kappa shape index (κ2) is 10.9. The lowest BCUT2D eigenvalue weighted by Crippen LogP contribution is -2.17. The van der Waals surface area contributed by atoms with Gasteiger partial charge in [0.15, 0.2) is 5.12 Å². The van der Waals surface area contributed by atoms with Crippen LogP contribution >= 0.6 is 36.3 Å². The number of nitrogens with zero attached hydrogens (tertiary/aromatic N) is 1. The van der Waals surface area contributed by atoms with Gasteiger partial charge >= 0.3 is 8.60 Å². The molecule has 10 heteroatoms. The Morgan fingerprint density at radius 3 is 2.07 bits per heavy atom. The summed E-state index contributed by atoms with van der Waals surface area (Å²) in [6, 6.07) is 12.8. The number of nitro groups is 1. The van der Waals surface area contributed by atoms with E-state index in [4.69, 9.17) is 13.6 Å². The van der Waals surface area contributed by atoms with Gasteiger partial charge in [0, 0.05) is 27.8 Å². The van der Waals surface area contributed by atoms with Crippen molar-refractivity contribution >= 4 is 47.1 Å². The first-order valence-electron chi connectivity index (χ1n) is 8.61. The zero-order valence-corrected chi connectivity index (χ0v) is 19.5. The summed E-state index contributed by atoms with van der Waals surface area (Å²) in [4.78, 5) is 22.3. The maximum atomic E-state index is 12.0. The predicted molar refractivity (Wildman–Crippen MR) is 118 cm³/mol. The summed E-state index contributed by atoms with van der Waals surface area (Å²) in [5, 5.41) is 10.9. The van der Waals surface area contributed by atoms with Gasteiger partial charge in [-0.25, -0.2) is 0 Å². The molecule has 0 radical (unpaired) electrons. The molecule has 0 fully saturated rings. The molecule has 0 spiro atoms. The van der Waals surface area contributed by atoms with Gasteiger partial charge in [0.25, 0.3) is 5.69 Å². The van der Waals surface area contributed by atoms with Crippen LogP contribution in [-0.2, 0) is 9.32 Å². The molecule has 156 valence electrons. The van der Waals surface area contributed by atoms with Crippen LogP contribution in [0.25, 0.3) is 0 Å². The highest BCUT2D eigenvalue weighted by molar-refractivity contribution is 9.10. The van der Waals surface area contributed by atoms with Crippen molar-refractivity contribution < 1.29 is 23.3 Å². The third-order valence-corrected chi connectivity index (χ3v) is 6.23. The monoisotopic (exact) mass is 501 g/mol. The lowest BCUT2D eigenvalue weighted by atomic mass is 10.00. The molecule has 0 aliphatic rings. The topological polar surface area (TPSA) is 87.9 Å². The molecule has 29 heavy (non-hydrogen) atoms. The Labute approximate surface area is 183 Å². The molecular weight excluding hydrogens is 481 g/mol. The average molecular weight is 502 g/mol. The van der Waals surface area contributed by atoms with E-state index in [1.807, 2.05) is 32.9 Å². The Kier molecular flexibility index (Phi) is 8.89. The molecule has 0 aliphatic carbocycles. The van der Waals surface area contributed by atoms with E-state index in [1.165, 1.54) is 36.0 Å². The summed E-state index contributed by atoms with van der Waals surface area (Å²) in [6.07, 6.45) is 0. The average Bonchev–Trinajstić information content (AvgIpc) is 2.66. The third kappa shape index (κ3) is 8.30. The molecule has 1 atom stereocenters. The molecular formula is C19H21BrNO6PS. The first kappa shape index (κ1) is 23.6. The van der Waals surface area contributed by atoms with Crippen LogP contribution in [-0.4, -0.2) is 22.4 Å². The quantitative estimate of drug-likeness (QED) is 0.171. The Morgan fingerprint density at radius 2 is 1.59 bits per heavy atom. The van der Waals surface area contributed by atoms with E-state index in [0.717, 1.165) is 4.47 Å². The molecule has 0 saturated heterocycles. The maximum Gasteiger partial charge on any atom is 0.463 e. The van der Waals surface area contributed by atoms with Crippen LogP contribution in [0, 0.1) is 15.5 Å². The van der Waals surface area contributed by atoms with E-state index in [1.54, 1.807) is 12.1 Å². The largest absolute Gasteiger partial charge is 0.463 e. The fraction of sp³-hybridized carbons (Fsp3) is 0.316. The molecule has 2 rings (SSSR count). The Balaban J connectivity index is 1.99. The molecule has 0 aromatic heterocycles. The Hall–Kier alpha value is -1.67.